The minimum absolute atomic E-state index is 0.0992. The standard InChI is InChI=1S/C28H33N5O/c1-20(2)33-27-16-24(23-11-7-10-22(14-23)19-32(3)13-12-29)15-25(26(27)18-31-33)28(34)30-17-21-8-5-4-6-9-21/h4-11,14-16,18,20H,12-13,17,19,29H2,1-3H3,(H,30,34). The Balaban J connectivity index is 1.71. The van der Waals surface area contributed by atoms with Crippen molar-refractivity contribution in [2.24, 2.45) is 5.73 Å². The van der Waals surface area contributed by atoms with Gasteiger partial charge in [0.05, 0.1) is 17.3 Å². The van der Waals surface area contributed by atoms with Crippen LogP contribution >= 0.6 is 0 Å². The number of nitrogens with one attached hydrogen (secondary N) is 1. The van der Waals surface area contributed by atoms with E-state index in [2.05, 4.69) is 66.5 Å². The Bertz CT molecular complexity index is 1260. The van der Waals surface area contributed by atoms with E-state index in [9.17, 15) is 4.79 Å². The van der Waals surface area contributed by atoms with Gasteiger partial charge in [0.25, 0.3) is 5.91 Å². The van der Waals surface area contributed by atoms with Crippen LogP contribution in [0.3, 0.4) is 0 Å². The first-order valence-electron chi connectivity index (χ1n) is 11.8. The number of rotatable bonds is 9. The lowest BCUT2D eigenvalue weighted by Crippen LogP contribution is -2.24. The predicted octanol–water partition coefficient (Wildman–Crippen LogP) is 4.60. The minimum Gasteiger partial charge on any atom is -0.348 e. The number of hydrogen-bond acceptors (Lipinski definition) is 4. The average molecular weight is 456 g/mol. The number of likely N-dealkylation sites (N-methyl/N-ethyl adjacent to an activating group) is 1. The zero-order chi connectivity index (χ0) is 24.1. The Morgan fingerprint density at radius 3 is 2.53 bits per heavy atom. The van der Waals surface area contributed by atoms with Gasteiger partial charge in [0.15, 0.2) is 0 Å². The highest BCUT2D eigenvalue weighted by atomic mass is 16.1. The Labute approximate surface area is 201 Å². The first-order chi connectivity index (χ1) is 16.5. The zero-order valence-corrected chi connectivity index (χ0v) is 20.2. The highest BCUT2D eigenvalue weighted by Gasteiger charge is 2.17. The molecule has 0 fully saturated rings. The van der Waals surface area contributed by atoms with E-state index in [0.717, 1.165) is 40.7 Å². The van der Waals surface area contributed by atoms with Gasteiger partial charge in [0, 0.05) is 37.6 Å². The molecule has 0 spiro atoms. The third kappa shape index (κ3) is 5.35. The summed E-state index contributed by atoms with van der Waals surface area (Å²) < 4.78 is 1.98. The first-order valence-corrected chi connectivity index (χ1v) is 11.8. The summed E-state index contributed by atoms with van der Waals surface area (Å²) in [6, 6.07) is 22.7. The maximum Gasteiger partial charge on any atom is 0.252 e. The van der Waals surface area contributed by atoms with Crippen molar-refractivity contribution in [1.29, 1.82) is 0 Å². The summed E-state index contributed by atoms with van der Waals surface area (Å²) >= 11 is 0. The molecule has 0 saturated heterocycles. The molecule has 176 valence electrons. The van der Waals surface area contributed by atoms with E-state index >= 15 is 0 Å². The number of nitrogens with two attached hydrogens (primary N) is 1. The molecule has 0 aliphatic rings. The van der Waals surface area contributed by atoms with Crippen LogP contribution in [0.5, 0.6) is 0 Å². The third-order valence-electron chi connectivity index (χ3n) is 5.97. The number of nitrogens with zero attached hydrogens (tertiary/aromatic N) is 3. The lowest BCUT2D eigenvalue weighted by Gasteiger charge is -2.16. The maximum absolute atomic E-state index is 13.3. The Kier molecular flexibility index (Phi) is 7.40. The summed E-state index contributed by atoms with van der Waals surface area (Å²) in [5.41, 5.74) is 11.7. The molecule has 1 heterocycles. The second kappa shape index (κ2) is 10.6. The second-order valence-corrected chi connectivity index (χ2v) is 9.03. The normalized spacial score (nSPS) is 11.5. The Morgan fingerprint density at radius 1 is 1.03 bits per heavy atom. The van der Waals surface area contributed by atoms with Crippen molar-refractivity contribution in [3.63, 3.8) is 0 Å². The Morgan fingerprint density at radius 2 is 1.79 bits per heavy atom. The number of carbonyl (C=O) groups excluding carboxylic acids is 1. The molecular formula is C28H33N5O. The van der Waals surface area contributed by atoms with Gasteiger partial charge in [-0.25, -0.2) is 0 Å². The summed E-state index contributed by atoms with van der Waals surface area (Å²) in [5.74, 6) is -0.0992. The van der Waals surface area contributed by atoms with Crippen LogP contribution in [0.15, 0.2) is 72.9 Å². The van der Waals surface area contributed by atoms with Crippen molar-refractivity contribution in [3.8, 4) is 11.1 Å². The fourth-order valence-electron chi connectivity index (χ4n) is 4.25. The van der Waals surface area contributed by atoms with Gasteiger partial charge in [0.2, 0.25) is 0 Å². The summed E-state index contributed by atoms with van der Waals surface area (Å²) in [7, 11) is 2.07. The molecule has 0 aliphatic carbocycles. The quantitative estimate of drug-likeness (QED) is 0.387. The van der Waals surface area contributed by atoms with Crippen molar-refractivity contribution in [3.05, 3.63) is 89.6 Å². The van der Waals surface area contributed by atoms with Gasteiger partial charge >= 0.3 is 0 Å². The van der Waals surface area contributed by atoms with Gasteiger partial charge in [-0.05, 0) is 61.3 Å². The first kappa shape index (κ1) is 23.7. The number of carbonyl (C=O) groups is 1. The fraction of sp³-hybridized carbons (Fsp3) is 0.286. The van der Waals surface area contributed by atoms with Crippen LogP contribution in [-0.4, -0.2) is 40.7 Å². The molecule has 1 aromatic heterocycles. The molecule has 34 heavy (non-hydrogen) atoms. The van der Waals surface area contributed by atoms with Crippen LogP contribution in [0.2, 0.25) is 0 Å². The van der Waals surface area contributed by atoms with E-state index in [1.54, 1.807) is 6.20 Å². The van der Waals surface area contributed by atoms with Crippen molar-refractivity contribution < 1.29 is 4.79 Å². The molecule has 6 heteroatoms. The number of benzene rings is 3. The van der Waals surface area contributed by atoms with Gasteiger partial charge in [-0.15, -0.1) is 0 Å². The SMILES string of the molecule is CC(C)n1ncc2c(C(=O)NCc3ccccc3)cc(-c3cccc(CN(C)CCN)c3)cc21. The zero-order valence-electron chi connectivity index (χ0n) is 20.2. The average Bonchev–Trinajstić information content (AvgIpc) is 3.27. The molecule has 0 bridgehead atoms. The fourth-order valence-corrected chi connectivity index (χ4v) is 4.25. The van der Waals surface area contributed by atoms with Crippen LogP contribution < -0.4 is 11.1 Å². The summed E-state index contributed by atoms with van der Waals surface area (Å²) in [6.07, 6.45) is 1.80. The molecule has 1 amide bonds. The van der Waals surface area contributed by atoms with E-state index in [0.29, 0.717) is 18.7 Å². The van der Waals surface area contributed by atoms with Crippen LogP contribution in [-0.2, 0) is 13.1 Å². The minimum atomic E-state index is -0.0992. The summed E-state index contributed by atoms with van der Waals surface area (Å²) in [6.45, 7) is 6.97. The van der Waals surface area contributed by atoms with Gasteiger partial charge in [-0.1, -0.05) is 48.5 Å². The molecule has 0 unspecified atom stereocenters. The van der Waals surface area contributed by atoms with Crippen molar-refractivity contribution >= 4 is 16.8 Å². The molecule has 0 atom stereocenters. The van der Waals surface area contributed by atoms with E-state index < -0.39 is 0 Å². The number of amides is 1. The van der Waals surface area contributed by atoms with E-state index in [1.165, 1.54) is 5.56 Å². The molecule has 4 aromatic rings. The monoisotopic (exact) mass is 455 g/mol. The highest BCUT2D eigenvalue weighted by Crippen LogP contribution is 2.30. The maximum atomic E-state index is 13.3. The van der Waals surface area contributed by atoms with E-state index in [-0.39, 0.29) is 11.9 Å². The second-order valence-electron chi connectivity index (χ2n) is 9.03. The largest absolute Gasteiger partial charge is 0.348 e. The number of hydrogen-bond donors (Lipinski definition) is 2. The molecule has 0 radical (unpaired) electrons. The van der Waals surface area contributed by atoms with Crippen LogP contribution in [0.1, 0.15) is 41.4 Å². The lowest BCUT2D eigenvalue weighted by molar-refractivity contribution is 0.0952. The summed E-state index contributed by atoms with van der Waals surface area (Å²) in [4.78, 5) is 15.5. The predicted molar refractivity (Wildman–Crippen MR) is 139 cm³/mol. The third-order valence-corrected chi connectivity index (χ3v) is 5.97. The molecule has 0 saturated carbocycles. The molecule has 0 aliphatic heterocycles. The van der Waals surface area contributed by atoms with Gasteiger partial charge < -0.3 is 16.0 Å². The number of aromatic nitrogens is 2. The molecule has 6 nitrogen and oxygen atoms in total. The van der Waals surface area contributed by atoms with E-state index in [4.69, 9.17) is 5.73 Å². The molecule has 3 N–H and O–H groups in total. The molecular weight excluding hydrogens is 422 g/mol. The van der Waals surface area contributed by atoms with Gasteiger partial charge in [-0.2, -0.15) is 5.10 Å². The number of fused-ring (bicyclic) bond motifs is 1. The molecule has 3 aromatic carbocycles. The van der Waals surface area contributed by atoms with Crippen molar-refractivity contribution in [2.75, 3.05) is 20.1 Å². The topological polar surface area (TPSA) is 76.2 Å². The van der Waals surface area contributed by atoms with Gasteiger partial charge in [0.1, 0.15) is 0 Å². The Hall–Kier alpha value is -3.48. The molecule has 4 rings (SSSR count). The van der Waals surface area contributed by atoms with Gasteiger partial charge in [-0.3, -0.25) is 9.48 Å². The van der Waals surface area contributed by atoms with Crippen molar-refractivity contribution in [2.45, 2.75) is 33.0 Å². The smallest absolute Gasteiger partial charge is 0.252 e. The lowest BCUT2D eigenvalue weighted by atomic mass is 9.98. The summed E-state index contributed by atoms with van der Waals surface area (Å²) in [5, 5.41) is 8.53. The van der Waals surface area contributed by atoms with Crippen LogP contribution in [0, 0.1) is 0 Å². The van der Waals surface area contributed by atoms with E-state index in [1.807, 2.05) is 41.1 Å². The van der Waals surface area contributed by atoms with Crippen LogP contribution in [0.25, 0.3) is 22.0 Å². The van der Waals surface area contributed by atoms with Crippen molar-refractivity contribution in [1.82, 2.24) is 20.0 Å². The highest BCUT2D eigenvalue weighted by molar-refractivity contribution is 6.08. The van der Waals surface area contributed by atoms with Crippen LogP contribution in [0.4, 0.5) is 0 Å².